The van der Waals surface area contributed by atoms with Crippen molar-refractivity contribution in [1.29, 1.82) is 0 Å². The standard InChI is InChI=1S/C21H30N4O3/c1-12(2)24(10-9-17(26)27)20(28)15-11-16(14-7-8-14)22-19-18(15)13(3)23-25(19)21(4,5)6/h11-12,14H,7-10H2,1-6H3,(H,26,27). The number of aromatic nitrogens is 3. The van der Waals surface area contributed by atoms with Crippen LogP contribution in [0.3, 0.4) is 0 Å². The Morgan fingerprint density at radius 1 is 1.32 bits per heavy atom. The van der Waals surface area contributed by atoms with E-state index in [1.165, 1.54) is 0 Å². The first-order chi connectivity index (χ1) is 13.0. The van der Waals surface area contributed by atoms with Crippen molar-refractivity contribution in [2.45, 2.75) is 78.3 Å². The molecule has 0 aliphatic heterocycles. The highest BCUT2D eigenvalue weighted by Gasteiger charge is 2.32. The van der Waals surface area contributed by atoms with Gasteiger partial charge in [0, 0.05) is 24.2 Å². The third-order valence-corrected chi connectivity index (χ3v) is 5.14. The van der Waals surface area contributed by atoms with E-state index in [0.717, 1.165) is 35.3 Å². The Labute approximate surface area is 165 Å². The van der Waals surface area contributed by atoms with Gasteiger partial charge in [0.2, 0.25) is 0 Å². The van der Waals surface area contributed by atoms with Crippen molar-refractivity contribution in [2.75, 3.05) is 6.54 Å². The van der Waals surface area contributed by atoms with Crippen LogP contribution in [0.15, 0.2) is 6.07 Å². The van der Waals surface area contributed by atoms with Gasteiger partial charge in [-0.15, -0.1) is 0 Å². The van der Waals surface area contributed by atoms with Crippen molar-refractivity contribution in [1.82, 2.24) is 19.7 Å². The molecule has 0 aromatic carbocycles. The number of pyridine rings is 1. The van der Waals surface area contributed by atoms with E-state index in [4.69, 9.17) is 15.2 Å². The van der Waals surface area contributed by atoms with E-state index in [0.29, 0.717) is 11.5 Å². The molecule has 0 atom stereocenters. The first-order valence-corrected chi connectivity index (χ1v) is 9.94. The fourth-order valence-electron chi connectivity index (χ4n) is 3.50. The van der Waals surface area contributed by atoms with Crippen LogP contribution in [0.1, 0.15) is 81.5 Å². The number of rotatable bonds is 6. The zero-order valence-corrected chi connectivity index (χ0v) is 17.6. The van der Waals surface area contributed by atoms with Gasteiger partial charge >= 0.3 is 5.97 Å². The maximum absolute atomic E-state index is 13.5. The maximum atomic E-state index is 13.5. The first-order valence-electron chi connectivity index (χ1n) is 9.94. The average molecular weight is 386 g/mol. The number of aryl methyl sites for hydroxylation is 1. The summed E-state index contributed by atoms with van der Waals surface area (Å²) in [5.74, 6) is -0.665. The Hall–Kier alpha value is -2.44. The summed E-state index contributed by atoms with van der Waals surface area (Å²) in [6.07, 6.45) is 2.09. The van der Waals surface area contributed by atoms with E-state index >= 15 is 0 Å². The zero-order chi connectivity index (χ0) is 20.8. The molecule has 1 N–H and O–H groups in total. The number of aliphatic carboxylic acids is 1. The quantitative estimate of drug-likeness (QED) is 0.818. The molecule has 0 unspecified atom stereocenters. The highest BCUT2D eigenvalue weighted by Crippen LogP contribution is 2.41. The summed E-state index contributed by atoms with van der Waals surface area (Å²) in [6, 6.07) is 1.80. The van der Waals surface area contributed by atoms with Crippen LogP contribution in [-0.2, 0) is 10.3 Å². The number of carbonyl (C=O) groups excluding carboxylic acids is 1. The molecular formula is C21H30N4O3. The summed E-state index contributed by atoms with van der Waals surface area (Å²) in [7, 11) is 0. The SMILES string of the molecule is Cc1nn(C(C)(C)C)c2nc(C3CC3)cc(C(=O)N(CCC(=O)O)C(C)C)c12. The molecule has 2 aromatic heterocycles. The lowest BCUT2D eigenvalue weighted by molar-refractivity contribution is -0.137. The van der Waals surface area contributed by atoms with E-state index in [9.17, 15) is 9.59 Å². The molecule has 1 saturated carbocycles. The largest absolute Gasteiger partial charge is 0.481 e. The number of amides is 1. The van der Waals surface area contributed by atoms with E-state index in [-0.39, 0.29) is 30.5 Å². The molecule has 28 heavy (non-hydrogen) atoms. The molecule has 3 rings (SSSR count). The van der Waals surface area contributed by atoms with Gasteiger partial charge in [0.05, 0.1) is 28.6 Å². The average Bonchev–Trinajstić information content (AvgIpc) is 3.36. The molecule has 7 nitrogen and oxygen atoms in total. The van der Waals surface area contributed by atoms with Gasteiger partial charge in [0.15, 0.2) is 5.65 Å². The highest BCUT2D eigenvalue weighted by atomic mass is 16.4. The van der Waals surface area contributed by atoms with Gasteiger partial charge in [0.25, 0.3) is 5.91 Å². The lowest BCUT2D eigenvalue weighted by Crippen LogP contribution is -2.38. The number of nitrogens with zero attached hydrogens (tertiary/aromatic N) is 4. The fourth-order valence-corrected chi connectivity index (χ4v) is 3.50. The number of hydrogen-bond donors (Lipinski definition) is 1. The summed E-state index contributed by atoms with van der Waals surface area (Å²) in [5.41, 5.74) is 2.76. The predicted octanol–water partition coefficient (Wildman–Crippen LogP) is 3.70. The van der Waals surface area contributed by atoms with Gasteiger partial charge in [-0.3, -0.25) is 9.59 Å². The molecule has 152 valence electrons. The molecule has 1 aliphatic carbocycles. The van der Waals surface area contributed by atoms with Crippen molar-refractivity contribution in [3.05, 3.63) is 23.0 Å². The smallest absolute Gasteiger partial charge is 0.305 e. The Kier molecular flexibility index (Phi) is 5.21. The van der Waals surface area contributed by atoms with Crippen LogP contribution in [0.25, 0.3) is 11.0 Å². The van der Waals surface area contributed by atoms with Gasteiger partial charge in [-0.05, 0) is 60.5 Å². The highest BCUT2D eigenvalue weighted by molar-refractivity contribution is 6.06. The van der Waals surface area contributed by atoms with Crippen LogP contribution in [0.4, 0.5) is 0 Å². The van der Waals surface area contributed by atoms with Crippen molar-refractivity contribution in [3.8, 4) is 0 Å². The summed E-state index contributed by atoms with van der Waals surface area (Å²) in [4.78, 5) is 31.1. The van der Waals surface area contributed by atoms with E-state index < -0.39 is 5.97 Å². The van der Waals surface area contributed by atoms with Crippen molar-refractivity contribution >= 4 is 22.9 Å². The number of carboxylic acid groups (broad SMARTS) is 1. The number of fused-ring (bicyclic) bond motifs is 1. The van der Waals surface area contributed by atoms with Crippen LogP contribution in [0, 0.1) is 6.92 Å². The lowest BCUT2D eigenvalue weighted by atomic mass is 10.0. The molecular weight excluding hydrogens is 356 g/mol. The van der Waals surface area contributed by atoms with E-state index in [2.05, 4.69) is 20.8 Å². The molecule has 0 bridgehead atoms. The normalized spacial score (nSPS) is 14.7. The second kappa shape index (κ2) is 7.18. The van der Waals surface area contributed by atoms with Crippen LogP contribution >= 0.6 is 0 Å². The van der Waals surface area contributed by atoms with Crippen molar-refractivity contribution in [2.24, 2.45) is 0 Å². The topological polar surface area (TPSA) is 88.3 Å². The van der Waals surface area contributed by atoms with Gasteiger partial charge < -0.3 is 10.0 Å². The predicted molar refractivity (Wildman–Crippen MR) is 108 cm³/mol. The van der Waals surface area contributed by atoms with Gasteiger partial charge in [0.1, 0.15) is 0 Å². The van der Waals surface area contributed by atoms with Crippen LogP contribution < -0.4 is 0 Å². The third-order valence-electron chi connectivity index (χ3n) is 5.14. The van der Waals surface area contributed by atoms with Gasteiger partial charge in [-0.25, -0.2) is 9.67 Å². The van der Waals surface area contributed by atoms with E-state index in [1.807, 2.05) is 31.5 Å². The second-order valence-electron chi connectivity index (χ2n) is 8.97. The first kappa shape index (κ1) is 20.3. The lowest BCUT2D eigenvalue weighted by Gasteiger charge is -2.27. The molecule has 0 radical (unpaired) electrons. The molecule has 2 heterocycles. The molecule has 1 amide bonds. The monoisotopic (exact) mass is 386 g/mol. The Bertz CT molecular complexity index is 920. The summed E-state index contributed by atoms with van der Waals surface area (Å²) < 4.78 is 1.90. The summed E-state index contributed by atoms with van der Waals surface area (Å²) >= 11 is 0. The van der Waals surface area contributed by atoms with Gasteiger partial charge in [-0.1, -0.05) is 0 Å². The Morgan fingerprint density at radius 3 is 2.46 bits per heavy atom. The van der Waals surface area contributed by atoms with Crippen molar-refractivity contribution < 1.29 is 14.7 Å². The minimum atomic E-state index is -0.909. The molecule has 1 fully saturated rings. The zero-order valence-electron chi connectivity index (χ0n) is 17.6. The summed E-state index contributed by atoms with van der Waals surface area (Å²) in [5, 5.41) is 14.5. The van der Waals surface area contributed by atoms with Crippen LogP contribution in [0.5, 0.6) is 0 Å². The summed E-state index contributed by atoms with van der Waals surface area (Å²) in [6.45, 7) is 12.1. The number of carboxylic acids is 1. The number of carbonyl (C=O) groups is 2. The van der Waals surface area contributed by atoms with Crippen molar-refractivity contribution in [3.63, 3.8) is 0 Å². The molecule has 7 heteroatoms. The molecule has 2 aromatic rings. The minimum absolute atomic E-state index is 0.0755. The van der Waals surface area contributed by atoms with Gasteiger partial charge in [-0.2, -0.15) is 5.10 Å². The molecule has 0 spiro atoms. The third kappa shape index (κ3) is 3.88. The minimum Gasteiger partial charge on any atom is -0.481 e. The molecule has 0 saturated heterocycles. The fraction of sp³-hybridized carbons (Fsp3) is 0.619. The molecule has 1 aliphatic rings. The maximum Gasteiger partial charge on any atom is 0.305 e. The Balaban J connectivity index is 2.17. The van der Waals surface area contributed by atoms with Crippen LogP contribution in [-0.4, -0.2) is 49.2 Å². The van der Waals surface area contributed by atoms with Crippen LogP contribution in [0.2, 0.25) is 0 Å². The van der Waals surface area contributed by atoms with E-state index in [1.54, 1.807) is 4.90 Å². The number of hydrogen-bond acceptors (Lipinski definition) is 4. The second-order valence-corrected chi connectivity index (χ2v) is 8.97. The Morgan fingerprint density at radius 2 is 1.96 bits per heavy atom.